The number of hydrogen-bond acceptors (Lipinski definition) is 3. The van der Waals surface area contributed by atoms with Crippen molar-refractivity contribution in [1.29, 1.82) is 5.26 Å². The normalized spacial score (nSPS) is 9.17. The summed E-state index contributed by atoms with van der Waals surface area (Å²) < 4.78 is 0. The zero-order valence-electron chi connectivity index (χ0n) is 10.6. The van der Waals surface area contributed by atoms with Crippen molar-refractivity contribution in [3.63, 3.8) is 0 Å². The van der Waals surface area contributed by atoms with Gasteiger partial charge in [-0.25, -0.2) is 4.98 Å². The smallest absolute Gasteiger partial charge is 0.209 e. The van der Waals surface area contributed by atoms with E-state index >= 15 is 0 Å². The lowest BCUT2D eigenvalue weighted by atomic mass is 10.3. The van der Waals surface area contributed by atoms with Crippen molar-refractivity contribution >= 4 is 17.4 Å². The highest BCUT2D eigenvalue weighted by Crippen LogP contribution is 2.10. The van der Waals surface area contributed by atoms with Gasteiger partial charge >= 0.3 is 0 Å². The summed E-state index contributed by atoms with van der Waals surface area (Å²) >= 11 is 0. The fourth-order valence-corrected chi connectivity index (χ4v) is 1.30. The molecule has 94 valence electrons. The number of carbonyl (C=O) groups excluding carboxylic acids is 1. The van der Waals surface area contributed by atoms with Gasteiger partial charge in [0.2, 0.25) is 6.41 Å². The molecule has 2 rings (SSSR count). The van der Waals surface area contributed by atoms with Crippen LogP contribution in [0, 0.1) is 11.3 Å². The van der Waals surface area contributed by atoms with Crippen molar-refractivity contribution in [3.8, 4) is 6.07 Å². The van der Waals surface area contributed by atoms with Gasteiger partial charge in [-0.15, -0.1) is 0 Å². The van der Waals surface area contributed by atoms with Gasteiger partial charge in [0.05, 0.1) is 17.1 Å². The number of benzene rings is 1. The number of carbonyl (C=O) groups is 1. The van der Waals surface area contributed by atoms with Gasteiger partial charge in [-0.3, -0.25) is 4.79 Å². The minimum atomic E-state index is 0.514. The average molecular weight is 244 g/mol. The number of nitrogens with one attached hydrogen (secondary N) is 1. The van der Waals surface area contributed by atoms with E-state index in [0.29, 0.717) is 12.8 Å². The molecule has 0 aliphatic carbocycles. The number of nitrogens with zero attached hydrogens (tertiary/aromatic N) is 3. The number of para-hydroxylation sites is 2. The lowest BCUT2D eigenvalue weighted by molar-refractivity contribution is -0.115. The summed E-state index contributed by atoms with van der Waals surface area (Å²) in [5.74, 6) is 0.891. The topological polar surface area (TPSA) is 72.8 Å². The number of fused-ring (bicyclic) bond motifs is 1. The molecule has 0 saturated carbocycles. The van der Waals surface area contributed by atoms with Gasteiger partial charge in [-0.05, 0) is 12.1 Å². The van der Waals surface area contributed by atoms with Crippen LogP contribution in [0.2, 0.25) is 0 Å². The summed E-state index contributed by atoms with van der Waals surface area (Å²) in [7, 11) is 3.38. The van der Waals surface area contributed by atoms with Crippen LogP contribution in [0.25, 0.3) is 11.0 Å². The number of H-pyrrole nitrogens is 1. The number of hydrogen-bond donors (Lipinski definition) is 1. The van der Waals surface area contributed by atoms with Gasteiger partial charge in [-0.2, -0.15) is 5.26 Å². The van der Waals surface area contributed by atoms with Crippen molar-refractivity contribution < 1.29 is 4.79 Å². The SMILES string of the molecule is CN(C)C=O.N#CCCc1nc2ccccc2[nH]1. The minimum absolute atomic E-state index is 0.514. The highest BCUT2D eigenvalue weighted by Gasteiger charge is 2.00. The van der Waals surface area contributed by atoms with E-state index in [1.807, 2.05) is 24.3 Å². The molecule has 1 aromatic heterocycles. The highest BCUT2D eigenvalue weighted by atomic mass is 16.1. The average Bonchev–Trinajstić information content (AvgIpc) is 2.79. The largest absolute Gasteiger partial charge is 0.351 e. The van der Waals surface area contributed by atoms with E-state index in [1.165, 1.54) is 4.90 Å². The maximum Gasteiger partial charge on any atom is 0.209 e. The molecule has 0 atom stereocenters. The summed E-state index contributed by atoms with van der Waals surface area (Å²) in [6.07, 6.45) is 1.96. The third-order valence-corrected chi connectivity index (χ3v) is 2.12. The van der Waals surface area contributed by atoms with Crippen LogP contribution in [-0.2, 0) is 11.2 Å². The van der Waals surface area contributed by atoms with E-state index in [0.717, 1.165) is 23.3 Å². The first-order valence-electron chi connectivity index (χ1n) is 5.59. The van der Waals surface area contributed by atoms with E-state index < -0.39 is 0 Å². The molecule has 1 aromatic carbocycles. The van der Waals surface area contributed by atoms with E-state index in [4.69, 9.17) is 5.26 Å². The Kier molecular flexibility index (Phi) is 5.39. The maximum atomic E-state index is 9.43. The predicted molar refractivity (Wildman–Crippen MR) is 69.8 cm³/mol. The molecule has 0 fully saturated rings. The van der Waals surface area contributed by atoms with Crippen LogP contribution >= 0.6 is 0 Å². The minimum Gasteiger partial charge on any atom is -0.351 e. The summed E-state index contributed by atoms with van der Waals surface area (Å²) in [6, 6.07) is 9.97. The zero-order chi connectivity index (χ0) is 13.4. The van der Waals surface area contributed by atoms with Crippen molar-refractivity contribution in [2.45, 2.75) is 12.8 Å². The van der Waals surface area contributed by atoms with Gasteiger partial charge in [0.15, 0.2) is 0 Å². The Balaban J connectivity index is 0.000000280. The van der Waals surface area contributed by atoms with Gasteiger partial charge < -0.3 is 9.88 Å². The molecule has 0 bridgehead atoms. The van der Waals surface area contributed by atoms with E-state index in [-0.39, 0.29) is 0 Å². The molecule has 1 amide bonds. The van der Waals surface area contributed by atoms with Crippen LogP contribution in [0.3, 0.4) is 0 Å². The summed E-state index contributed by atoms with van der Waals surface area (Å²) in [6.45, 7) is 0. The molecule has 0 unspecified atom stereocenters. The fraction of sp³-hybridized carbons (Fsp3) is 0.308. The molecule has 0 radical (unpaired) electrons. The Morgan fingerprint density at radius 1 is 1.44 bits per heavy atom. The van der Waals surface area contributed by atoms with Crippen molar-refractivity contribution in [2.24, 2.45) is 0 Å². The first kappa shape index (κ1) is 13.7. The summed E-state index contributed by atoms with van der Waals surface area (Å²) in [5.41, 5.74) is 2.01. The Morgan fingerprint density at radius 3 is 2.67 bits per heavy atom. The number of aromatic nitrogens is 2. The van der Waals surface area contributed by atoms with Crippen molar-refractivity contribution in [1.82, 2.24) is 14.9 Å². The molecule has 0 aliphatic heterocycles. The Labute approximate surface area is 106 Å². The monoisotopic (exact) mass is 244 g/mol. The first-order valence-corrected chi connectivity index (χ1v) is 5.59. The third kappa shape index (κ3) is 4.26. The molecule has 0 saturated heterocycles. The first-order chi connectivity index (χ1) is 8.67. The van der Waals surface area contributed by atoms with Crippen LogP contribution in [0.15, 0.2) is 24.3 Å². The molecule has 0 aliphatic rings. The number of rotatable bonds is 3. The van der Waals surface area contributed by atoms with Crippen LogP contribution < -0.4 is 0 Å². The molecule has 0 spiro atoms. The lowest BCUT2D eigenvalue weighted by Gasteiger charge is -1.93. The maximum absolute atomic E-state index is 9.43. The number of aryl methyl sites for hydroxylation is 1. The summed E-state index contributed by atoms with van der Waals surface area (Å²) in [5, 5.41) is 8.41. The third-order valence-electron chi connectivity index (χ3n) is 2.12. The van der Waals surface area contributed by atoms with Gasteiger partial charge in [0.25, 0.3) is 0 Å². The molecular weight excluding hydrogens is 228 g/mol. The number of aromatic amines is 1. The van der Waals surface area contributed by atoms with Crippen LogP contribution in [-0.4, -0.2) is 35.4 Å². The van der Waals surface area contributed by atoms with Crippen LogP contribution in [0.5, 0.6) is 0 Å². The quantitative estimate of drug-likeness (QED) is 0.835. The summed E-state index contributed by atoms with van der Waals surface area (Å²) in [4.78, 5) is 18.4. The fourth-order valence-electron chi connectivity index (χ4n) is 1.30. The second-order valence-electron chi connectivity index (χ2n) is 3.93. The zero-order valence-corrected chi connectivity index (χ0v) is 10.6. The van der Waals surface area contributed by atoms with Crippen molar-refractivity contribution in [3.05, 3.63) is 30.1 Å². The number of amides is 1. The Hall–Kier alpha value is -2.35. The van der Waals surface area contributed by atoms with E-state index in [1.54, 1.807) is 14.1 Å². The van der Waals surface area contributed by atoms with Crippen LogP contribution in [0.4, 0.5) is 0 Å². The molecule has 5 nitrogen and oxygen atoms in total. The van der Waals surface area contributed by atoms with Gasteiger partial charge in [0.1, 0.15) is 5.82 Å². The van der Waals surface area contributed by atoms with Gasteiger partial charge in [0, 0.05) is 26.9 Å². The molecule has 1 N–H and O–H groups in total. The van der Waals surface area contributed by atoms with Crippen LogP contribution in [0.1, 0.15) is 12.2 Å². The Bertz CT molecular complexity index is 506. The second kappa shape index (κ2) is 7.07. The number of nitriles is 1. The molecular formula is C13H16N4O. The molecule has 1 heterocycles. The van der Waals surface area contributed by atoms with Crippen molar-refractivity contribution in [2.75, 3.05) is 14.1 Å². The highest BCUT2D eigenvalue weighted by molar-refractivity contribution is 5.74. The predicted octanol–water partition coefficient (Wildman–Crippen LogP) is 1.72. The lowest BCUT2D eigenvalue weighted by Crippen LogP contribution is -2.06. The standard InChI is InChI=1S/C10H9N3.C3H7NO/c11-7-3-6-10-12-8-4-1-2-5-9(8)13-10;1-4(2)3-5/h1-2,4-5H,3,6H2,(H,12,13);3H,1-2H3. The molecule has 2 aromatic rings. The second-order valence-corrected chi connectivity index (χ2v) is 3.93. The van der Waals surface area contributed by atoms with E-state index in [2.05, 4.69) is 16.0 Å². The van der Waals surface area contributed by atoms with E-state index in [9.17, 15) is 4.79 Å². The Morgan fingerprint density at radius 2 is 2.11 bits per heavy atom. The molecule has 18 heavy (non-hydrogen) atoms. The number of imidazole rings is 1. The molecule has 5 heteroatoms. The van der Waals surface area contributed by atoms with Gasteiger partial charge in [-0.1, -0.05) is 12.1 Å².